The molecule has 4 rings (SSSR count). The molecule has 3 aromatic rings. The van der Waals surface area contributed by atoms with Crippen LogP contribution in [0.3, 0.4) is 0 Å². The number of nitrogens with zero attached hydrogens (tertiary/aromatic N) is 2. The van der Waals surface area contributed by atoms with E-state index in [0.29, 0.717) is 6.42 Å². The van der Waals surface area contributed by atoms with E-state index in [1.807, 2.05) is 35.0 Å². The Kier molecular flexibility index (Phi) is 3.02. The Morgan fingerprint density at radius 1 is 1.10 bits per heavy atom. The lowest BCUT2D eigenvalue weighted by atomic mass is 9.80. The summed E-state index contributed by atoms with van der Waals surface area (Å²) in [6, 6.07) is 8.08. The van der Waals surface area contributed by atoms with Gasteiger partial charge in [-0.2, -0.15) is 0 Å². The number of fused-ring (bicyclic) bond motifs is 1. The van der Waals surface area contributed by atoms with Crippen molar-refractivity contribution in [2.45, 2.75) is 18.3 Å². The fraction of sp³-hybridized carbons (Fsp3) is 0.214. The van der Waals surface area contributed by atoms with Gasteiger partial charge in [-0.25, -0.2) is 0 Å². The van der Waals surface area contributed by atoms with Crippen LogP contribution in [0.25, 0.3) is 0 Å². The van der Waals surface area contributed by atoms with Crippen molar-refractivity contribution in [3.05, 3.63) is 55.4 Å². The van der Waals surface area contributed by atoms with Gasteiger partial charge in [0.25, 0.3) is 0 Å². The van der Waals surface area contributed by atoms with Crippen LogP contribution in [0.4, 0.5) is 0 Å². The van der Waals surface area contributed by atoms with Crippen LogP contribution in [0.15, 0.2) is 35.0 Å². The summed E-state index contributed by atoms with van der Waals surface area (Å²) < 4.78 is 4.06. The highest BCUT2D eigenvalue weighted by Crippen LogP contribution is 2.43. The van der Waals surface area contributed by atoms with Crippen molar-refractivity contribution in [2.75, 3.05) is 0 Å². The molecule has 1 aliphatic rings. The second-order valence-corrected chi connectivity index (χ2v) is 7.45. The zero-order chi connectivity index (χ0) is 13.5. The summed E-state index contributed by atoms with van der Waals surface area (Å²) in [6.45, 7) is 0. The molecule has 0 N–H and O–H groups in total. The Balaban J connectivity index is 1.84. The van der Waals surface area contributed by atoms with Crippen molar-refractivity contribution < 1.29 is 4.79 Å². The SMILES string of the molecule is O=C1C(c2cccs2)Cc2nnsc2C1c1cccs1. The quantitative estimate of drug-likeness (QED) is 0.723. The van der Waals surface area contributed by atoms with Crippen LogP contribution in [-0.4, -0.2) is 15.4 Å². The van der Waals surface area contributed by atoms with E-state index in [4.69, 9.17) is 0 Å². The first kappa shape index (κ1) is 12.4. The predicted octanol–water partition coefficient (Wildman–Crippen LogP) is 3.70. The van der Waals surface area contributed by atoms with Gasteiger partial charge in [-0.15, -0.1) is 27.8 Å². The number of aromatic nitrogens is 2. The molecule has 0 amide bonds. The summed E-state index contributed by atoms with van der Waals surface area (Å²) in [6.07, 6.45) is 0.688. The summed E-state index contributed by atoms with van der Waals surface area (Å²) in [5.41, 5.74) is 0.992. The molecule has 6 heteroatoms. The van der Waals surface area contributed by atoms with Crippen LogP contribution in [0.1, 0.15) is 32.2 Å². The molecular formula is C14H10N2OS3. The smallest absolute Gasteiger partial charge is 0.155 e. The van der Waals surface area contributed by atoms with Crippen molar-refractivity contribution in [1.82, 2.24) is 9.59 Å². The third-order valence-corrected chi connectivity index (χ3v) is 6.34. The molecule has 0 radical (unpaired) electrons. The van der Waals surface area contributed by atoms with Gasteiger partial charge in [0, 0.05) is 16.2 Å². The van der Waals surface area contributed by atoms with Gasteiger partial charge < -0.3 is 0 Å². The Labute approximate surface area is 128 Å². The van der Waals surface area contributed by atoms with Crippen LogP contribution in [0, 0.1) is 0 Å². The number of thiophene rings is 2. The van der Waals surface area contributed by atoms with E-state index < -0.39 is 0 Å². The third kappa shape index (κ3) is 1.87. The summed E-state index contributed by atoms with van der Waals surface area (Å²) in [4.78, 5) is 16.2. The van der Waals surface area contributed by atoms with Crippen molar-refractivity contribution in [1.29, 1.82) is 0 Å². The minimum absolute atomic E-state index is 0.0708. The van der Waals surface area contributed by atoms with Gasteiger partial charge in [0.1, 0.15) is 0 Å². The summed E-state index contributed by atoms with van der Waals surface area (Å²) in [5.74, 6) is 0.0396. The standard InChI is InChI=1S/C14H10N2OS3/c17-13-8(10-3-1-5-18-10)7-9-14(20-16-15-9)12(13)11-4-2-6-19-11/h1-6,8,12H,7H2. The van der Waals surface area contributed by atoms with Gasteiger partial charge in [-0.1, -0.05) is 16.6 Å². The van der Waals surface area contributed by atoms with E-state index in [-0.39, 0.29) is 17.6 Å². The van der Waals surface area contributed by atoms with Crippen LogP contribution in [0.2, 0.25) is 0 Å². The first-order valence-corrected chi connectivity index (χ1v) is 8.79. The number of rotatable bonds is 2. The van der Waals surface area contributed by atoms with E-state index in [1.165, 1.54) is 11.5 Å². The second kappa shape index (κ2) is 4.87. The van der Waals surface area contributed by atoms with Crippen LogP contribution >= 0.6 is 34.2 Å². The molecule has 0 aliphatic heterocycles. The Bertz CT molecular complexity index is 730. The van der Waals surface area contributed by atoms with Gasteiger partial charge in [-0.3, -0.25) is 4.79 Å². The molecule has 100 valence electrons. The molecule has 3 heterocycles. The second-order valence-electron chi connectivity index (χ2n) is 4.71. The monoisotopic (exact) mass is 318 g/mol. The molecule has 0 bridgehead atoms. The molecule has 3 nitrogen and oxygen atoms in total. The largest absolute Gasteiger partial charge is 0.298 e. The van der Waals surface area contributed by atoms with E-state index in [9.17, 15) is 4.79 Å². The molecule has 3 aromatic heterocycles. The van der Waals surface area contributed by atoms with Gasteiger partial charge in [-0.05, 0) is 34.4 Å². The Morgan fingerprint density at radius 2 is 1.85 bits per heavy atom. The predicted molar refractivity (Wildman–Crippen MR) is 81.8 cm³/mol. The number of carbonyl (C=O) groups is 1. The zero-order valence-electron chi connectivity index (χ0n) is 10.4. The summed E-state index contributed by atoms with van der Waals surface area (Å²) >= 11 is 4.64. The molecule has 0 saturated heterocycles. The van der Waals surface area contributed by atoms with Crippen LogP contribution in [0.5, 0.6) is 0 Å². The average Bonchev–Trinajstić information content (AvgIpc) is 3.20. The molecule has 1 aliphatic carbocycles. The van der Waals surface area contributed by atoms with E-state index in [1.54, 1.807) is 22.7 Å². The third-order valence-electron chi connectivity index (χ3n) is 3.59. The Morgan fingerprint density at radius 3 is 2.55 bits per heavy atom. The zero-order valence-corrected chi connectivity index (χ0v) is 12.8. The van der Waals surface area contributed by atoms with Gasteiger partial charge in [0.2, 0.25) is 0 Å². The summed E-state index contributed by atoms with van der Waals surface area (Å²) in [5, 5.41) is 8.28. The topological polar surface area (TPSA) is 42.9 Å². The fourth-order valence-corrected chi connectivity index (χ4v) is 5.21. The summed E-state index contributed by atoms with van der Waals surface area (Å²) in [7, 11) is 0. The normalized spacial score (nSPS) is 21.9. The Hall–Kier alpha value is -1.37. The number of Topliss-reactive ketones (excluding diaryl/α,β-unsaturated/α-hetero) is 1. The van der Waals surface area contributed by atoms with Gasteiger partial charge >= 0.3 is 0 Å². The van der Waals surface area contributed by atoms with E-state index in [0.717, 1.165) is 20.3 Å². The maximum Gasteiger partial charge on any atom is 0.155 e. The first-order valence-electron chi connectivity index (χ1n) is 6.26. The molecule has 20 heavy (non-hydrogen) atoms. The molecule has 2 unspecified atom stereocenters. The molecular weight excluding hydrogens is 308 g/mol. The van der Waals surface area contributed by atoms with Gasteiger partial charge in [0.05, 0.1) is 22.4 Å². The first-order chi connectivity index (χ1) is 9.84. The lowest BCUT2D eigenvalue weighted by Gasteiger charge is -2.25. The average molecular weight is 318 g/mol. The van der Waals surface area contributed by atoms with Gasteiger partial charge in [0.15, 0.2) is 5.78 Å². The maximum absolute atomic E-state index is 12.9. The highest BCUT2D eigenvalue weighted by molar-refractivity contribution is 7.11. The lowest BCUT2D eigenvalue weighted by molar-refractivity contribution is -0.121. The molecule has 0 saturated carbocycles. The van der Waals surface area contributed by atoms with Crippen LogP contribution < -0.4 is 0 Å². The molecule has 0 spiro atoms. The number of hydrogen-bond donors (Lipinski definition) is 0. The fourth-order valence-electron chi connectivity index (χ4n) is 2.66. The maximum atomic E-state index is 12.9. The lowest BCUT2D eigenvalue weighted by Crippen LogP contribution is -2.27. The highest BCUT2D eigenvalue weighted by Gasteiger charge is 2.40. The minimum atomic E-state index is -0.175. The molecule has 0 aromatic carbocycles. The van der Waals surface area contributed by atoms with E-state index in [2.05, 4.69) is 9.59 Å². The highest BCUT2D eigenvalue weighted by atomic mass is 32.1. The van der Waals surface area contributed by atoms with E-state index >= 15 is 0 Å². The minimum Gasteiger partial charge on any atom is -0.298 e. The van der Waals surface area contributed by atoms with Crippen molar-refractivity contribution >= 4 is 40.0 Å². The van der Waals surface area contributed by atoms with Crippen LogP contribution in [-0.2, 0) is 11.2 Å². The number of hydrogen-bond acceptors (Lipinski definition) is 6. The number of ketones is 1. The van der Waals surface area contributed by atoms with Crippen molar-refractivity contribution in [3.63, 3.8) is 0 Å². The molecule has 0 fully saturated rings. The van der Waals surface area contributed by atoms with Crippen molar-refractivity contribution in [3.8, 4) is 0 Å². The molecule has 2 atom stereocenters. The number of carbonyl (C=O) groups excluding carboxylic acids is 1. The van der Waals surface area contributed by atoms with Crippen molar-refractivity contribution in [2.24, 2.45) is 0 Å².